The molecule has 2 aromatic carbocycles. The van der Waals surface area contributed by atoms with Crippen LogP contribution in [0, 0.1) is 0 Å². The lowest BCUT2D eigenvalue weighted by molar-refractivity contribution is 0.0989. The van der Waals surface area contributed by atoms with Gasteiger partial charge in [0.2, 0.25) is 0 Å². The van der Waals surface area contributed by atoms with Crippen LogP contribution in [0.3, 0.4) is 0 Å². The zero-order chi connectivity index (χ0) is 12.3. The molecule has 2 aromatic rings. The van der Waals surface area contributed by atoms with Crippen LogP contribution in [-0.4, -0.2) is 5.78 Å². The molecule has 86 valence electrons. The number of Topliss-reactive ketones (excluding diaryl/α,β-unsaturated/α-hetero) is 1. The van der Waals surface area contributed by atoms with Gasteiger partial charge in [-0.3, -0.25) is 4.79 Å². The second kappa shape index (κ2) is 5.15. The van der Waals surface area contributed by atoms with Gasteiger partial charge in [0.15, 0.2) is 5.78 Å². The second-order valence-corrected chi connectivity index (χ2v) is 4.27. The molecule has 2 heteroatoms. The highest BCUT2D eigenvalue weighted by Gasteiger charge is 2.09. The van der Waals surface area contributed by atoms with Gasteiger partial charge in [0, 0.05) is 17.0 Å². The first kappa shape index (κ1) is 11.9. The monoisotopic (exact) mass is 244 g/mol. The largest absolute Gasteiger partial charge is 0.294 e. The van der Waals surface area contributed by atoms with Gasteiger partial charge < -0.3 is 0 Å². The van der Waals surface area contributed by atoms with Gasteiger partial charge in [0.1, 0.15) is 0 Å². The van der Waals surface area contributed by atoms with Gasteiger partial charge in [0.05, 0.1) is 0 Å². The molecule has 0 saturated heterocycles. The van der Waals surface area contributed by atoms with Crippen molar-refractivity contribution >= 4 is 17.4 Å². The highest BCUT2D eigenvalue weighted by molar-refractivity contribution is 6.30. The van der Waals surface area contributed by atoms with Crippen LogP contribution in [0.4, 0.5) is 0 Å². The summed E-state index contributed by atoms with van der Waals surface area (Å²) in [6.45, 7) is 1.88. The Kier molecular flexibility index (Phi) is 3.60. The molecule has 1 nitrogen and oxygen atoms in total. The Morgan fingerprint density at radius 2 is 1.71 bits per heavy atom. The Labute approximate surface area is 106 Å². The van der Waals surface area contributed by atoms with Crippen LogP contribution >= 0.6 is 11.6 Å². The number of ketones is 1. The summed E-state index contributed by atoms with van der Waals surface area (Å²) in [6.07, 6.45) is 0.518. The van der Waals surface area contributed by atoms with E-state index in [1.807, 2.05) is 55.5 Å². The fraction of sp³-hybridized carbons (Fsp3) is 0.133. The van der Waals surface area contributed by atoms with Gasteiger partial charge in [-0.2, -0.15) is 0 Å². The predicted octanol–water partition coefficient (Wildman–Crippen LogP) is 4.60. The number of carbonyl (C=O) groups is 1. The van der Waals surface area contributed by atoms with Crippen LogP contribution in [0.5, 0.6) is 0 Å². The summed E-state index contributed by atoms with van der Waals surface area (Å²) in [6, 6.07) is 15.2. The molecule has 0 radical (unpaired) electrons. The van der Waals surface area contributed by atoms with Crippen LogP contribution in [0.25, 0.3) is 11.1 Å². The normalized spacial score (nSPS) is 10.2. The molecule has 0 unspecified atom stereocenters. The zero-order valence-corrected chi connectivity index (χ0v) is 10.4. The summed E-state index contributed by atoms with van der Waals surface area (Å²) < 4.78 is 0. The minimum atomic E-state index is 0.163. The lowest BCUT2D eigenvalue weighted by atomic mass is 9.96. The van der Waals surface area contributed by atoms with Crippen molar-refractivity contribution in [1.82, 2.24) is 0 Å². The fourth-order valence-corrected chi connectivity index (χ4v) is 1.92. The van der Waals surface area contributed by atoms with E-state index in [-0.39, 0.29) is 5.78 Å². The van der Waals surface area contributed by atoms with E-state index in [0.717, 1.165) is 16.7 Å². The van der Waals surface area contributed by atoms with Crippen molar-refractivity contribution in [3.8, 4) is 11.1 Å². The third-order valence-electron chi connectivity index (χ3n) is 2.70. The molecule has 0 saturated carbocycles. The Morgan fingerprint density at radius 3 is 2.35 bits per heavy atom. The lowest BCUT2D eigenvalue weighted by Gasteiger charge is -2.07. The van der Waals surface area contributed by atoms with Crippen molar-refractivity contribution in [2.45, 2.75) is 13.3 Å². The van der Waals surface area contributed by atoms with E-state index in [9.17, 15) is 4.79 Å². The first-order valence-corrected chi connectivity index (χ1v) is 5.98. The summed E-state index contributed by atoms with van der Waals surface area (Å²) in [5, 5.41) is 0.702. The maximum atomic E-state index is 11.8. The molecule has 0 fully saturated rings. The fourth-order valence-electron chi connectivity index (χ4n) is 1.80. The maximum absolute atomic E-state index is 11.8. The number of carbonyl (C=O) groups excluding carboxylic acids is 1. The summed E-state index contributed by atoms with van der Waals surface area (Å²) in [5.74, 6) is 0.163. The lowest BCUT2D eigenvalue weighted by Crippen LogP contribution is -1.99. The number of rotatable bonds is 3. The molecule has 0 atom stereocenters. The number of hydrogen-bond acceptors (Lipinski definition) is 1. The molecule has 0 aliphatic rings. The van der Waals surface area contributed by atoms with Gasteiger partial charge in [0.25, 0.3) is 0 Å². The van der Waals surface area contributed by atoms with Crippen molar-refractivity contribution in [1.29, 1.82) is 0 Å². The number of hydrogen-bond donors (Lipinski definition) is 0. The van der Waals surface area contributed by atoms with E-state index in [0.29, 0.717) is 11.4 Å². The van der Waals surface area contributed by atoms with Crippen LogP contribution in [-0.2, 0) is 0 Å². The molecule has 0 bridgehead atoms. The van der Waals surface area contributed by atoms with Crippen LogP contribution < -0.4 is 0 Å². The third kappa shape index (κ3) is 2.56. The highest BCUT2D eigenvalue weighted by atomic mass is 35.5. The first-order valence-electron chi connectivity index (χ1n) is 5.60. The number of halogens is 1. The summed E-state index contributed by atoms with van der Waals surface area (Å²) >= 11 is 5.86. The quantitative estimate of drug-likeness (QED) is 0.721. The first-order chi connectivity index (χ1) is 8.22. The van der Waals surface area contributed by atoms with Gasteiger partial charge in [-0.15, -0.1) is 0 Å². The Balaban J connectivity index is 2.51. The predicted molar refractivity (Wildman–Crippen MR) is 71.5 cm³/mol. The van der Waals surface area contributed by atoms with Gasteiger partial charge >= 0.3 is 0 Å². The molecule has 0 amide bonds. The summed E-state index contributed by atoms with van der Waals surface area (Å²) in [7, 11) is 0. The third-order valence-corrected chi connectivity index (χ3v) is 2.96. The molecule has 0 aromatic heterocycles. The van der Waals surface area contributed by atoms with Gasteiger partial charge in [-0.25, -0.2) is 0 Å². The molecule has 0 heterocycles. The highest BCUT2D eigenvalue weighted by Crippen LogP contribution is 2.25. The minimum absolute atomic E-state index is 0.163. The SMILES string of the molecule is CCC(=O)c1ccccc1-c1ccc(Cl)cc1. The Hall–Kier alpha value is -1.60. The van der Waals surface area contributed by atoms with E-state index in [1.54, 1.807) is 0 Å². The van der Waals surface area contributed by atoms with Gasteiger partial charge in [-0.1, -0.05) is 54.9 Å². The smallest absolute Gasteiger partial charge is 0.163 e. The second-order valence-electron chi connectivity index (χ2n) is 3.83. The average molecular weight is 245 g/mol. The molecule has 2 rings (SSSR count). The van der Waals surface area contributed by atoms with Crippen molar-refractivity contribution in [2.24, 2.45) is 0 Å². The molecule has 17 heavy (non-hydrogen) atoms. The standard InChI is InChI=1S/C15H13ClO/c1-2-15(17)14-6-4-3-5-13(14)11-7-9-12(16)10-8-11/h3-10H,2H2,1H3. The summed E-state index contributed by atoms with van der Waals surface area (Å²) in [4.78, 5) is 11.8. The minimum Gasteiger partial charge on any atom is -0.294 e. The van der Waals surface area contributed by atoms with Crippen molar-refractivity contribution in [3.05, 3.63) is 59.1 Å². The Bertz CT molecular complexity index is 529. The molecule has 0 spiro atoms. The van der Waals surface area contributed by atoms with Crippen LogP contribution in [0.1, 0.15) is 23.7 Å². The van der Waals surface area contributed by atoms with Crippen molar-refractivity contribution in [3.63, 3.8) is 0 Å². The van der Waals surface area contributed by atoms with E-state index in [2.05, 4.69) is 0 Å². The molecule has 0 N–H and O–H groups in total. The van der Waals surface area contributed by atoms with E-state index < -0.39 is 0 Å². The van der Waals surface area contributed by atoms with Crippen LogP contribution in [0.15, 0.2) is 48.5 Å². The van der Waals surface area contributed by atoms with Crippen molar-refractivity contribution in [2.75, 3.05) is 0 Å². The van der Waals surface area contributed by atoms with Crippen LogP contribution in [0.2, 0.25) is 5.02 Å². The van der Waals surface area contributed by atoms with E-state index in [1.165, 1.54) is 0 Å². The Morgan fingerprint density at radius 1 is 1.06 bits per heavy atom. The summed E-state index contributed by atoms with van der Waals surface area (Å²) in [5.41, 5.74) is 2.76. The average Bonchev–Trinajstić information content (AvgIpc) is 2.39. The number of benzene rings is 2. The van der Waals surface area contributed by atoms with Crippen molar-refractivity contribution < 1.29 is 4.79 Å². The molecular weight excluding hydrogens is 232 g/mol. The molecule has 0 aliphatic carbocycles. The van der Waals surface area contributed by atoms with E-state index >= 15 is 0 Å². The zero-order valence-electron chi connectivity index (χ0n) is 9.61. The van der Waals surface area contributed by atoms with Gasteiger partial charge in [-0.05, 0) is 23.3 Å². The maximum Gasteiger partial charge on any atom is 0.163 e. The van der Waals surface area contributed by atoms with E-state index in [4.69, 9.17) is 11.6 Å². The topological polar surface area (TPSA) is 17.1 Å². The molecule has 0 aliphatic heterocycles. The molecular formula is C15H13ClO.